The highest BCUT2D eigenvalue weighted by Crippen LogP contribution is 2.45. The molecular formula is C42H38N2O5. The van der Waals surface area contributed by atoms with Gasteiger partial charge in [0.1, 0.15) is 19.3 Å². The Labute approximate surface area is 286 Å². The number of carbonyl (C=O) groups is 3. The molecular weight excluding hydrogens is 612 g/mol. The zero-order valence-corrected chi connectivity index (χ0v) is 27.1. The van der Waals surface area contributed by atoms with Gasteiger partial charge >= 0.3 is 12.1 Å². The van der Waals surface area contributed by atoms with Crippen molar-refractivity contribution in [3.63, 3.8) is 0 Å². The lowest BCUT2D eigenvalue weighted by Crippen LogP contribution is -2.42. The maximum absolute atomic E-state index is 13.4. The van der Waals surface area contributed by atoms with E-state index in [2.05, 4.69) is 47.0 Å². The van der Waals surface area contributed by atoms with Crippen LogP contribution in [0.15, 0.2) is 127 Å². The van der Waals surface area contributed by atoms with Crippen LogP contribution in [0.2, 0.25) is 0 Å². The fourth-order valence-corrected chi connectivity index (χ4v) is 7.09. The molecule has 7 heteroatoms. The third kappa shape index (κ3) is 6.83. The third-order valence-corrected chi connectivity index (χ3v) is 9.46. The molecule has 246 valence electrons. The first-order chi connectivity index (χ1) is 24.1. The van der Waals surface area contributed by atoms with Crippen molar-refractivity contribution >= 4 is 18.0 Å². The smallest absolute Gasteiger partial charge is 0.407 e. The van der Waals surface area contributed by atoms with Gasteiger partial charge in [0.15, 0.2) is 0 Å². The molecule has 5 aromatic carbocycles. The van der Waals surface area contributed by atoms with Crippen molar-refractivity contribution < 1.29 is 23.9 Å². The fraction of sp³-hybridized carbons (Fsp3) is 0.214. The van der Waals surface area contributed by atoms with Gasteiger partial charge in [-0.05, 0) is 69.3 Å². The zero-order chi connectivity index (χ0) is 33.6. The number of carbonyl (C=O) groups excluding carboxylic acids is 3. The molecule has 2 aliphatic carbocycles. The van der Waals surface area contributed by atoms with E-state index in [-0.39, 0.29) is 31.0 Å². The molecule has 0 aromatic heterocycles. The summed E-state index contributed by atoms with van der Waals surface area (Å²) in [6.45, 7) is 0.685. The predicted octanol–water partition coefficient (Wildman–Crippen LogP) is 7.74. The summed E-state index contributed by atoms with van der Waals surface area (Å²) in [6.07, 6.45) is 0.863. The van der Waals surface area contributed by atoms with Crippen molar-refractivity contribution in [1.29, 1.82) is 0 Å². The molecule has 0 saturated carbocycles. The summed E-state index contributed by atoms with van der Waals surface area (Å²) >= 11 is 0. The van der Waals surface area contributed by atoms with Gasteiger partial charge in [-0.1, -0.05) is 127 Å². The second kappa shape index (κ2) is 14.6. The molecule has 5 aromatic rings. The molecule has 2 N–H and O–H groups in total. The van der Waals surface area contributed by atoms with E-state index in [9.17, 15) is 14.4 Å². The molecule has 49 heavy (non-hydrogen) atoms. The van der Waals surface area contributed by atoms with Crippen molar-refractivity contribution in [2.75, 3.05) is 13.2 Å². The average molecular weight is 651 g/mol. The molecule has 0 heterocycles. The van der Waals surface area contributed by atoms with Crippen molar-refractivity contribution in [3.05, 3.63) is 155 Å². The number of hydrogen-bond donors (Lipinski definition) is 2. The summed E-state index contributed by atoms with van der Waals surface area (Å²) in [4.78, 5) is 39.8. The minimum Gasteiger partial charge on any atom is -0.459 e. The Morgan fingerprint density at radius 2 is 1.10 bits per heavy atom. The summed E-state index contributed by atoms with van der Waals surface area (Å²) in [5, 5.41) is 5.87. The first kappa shape index (κ1) is 31.9. The Morgan fingerprint density at radius 1 is 0.592 bits per heavy atom. The molecule has 0 fully saturated rings. The molecule has 0 aliphatic heterocycles. The summed E-state index contributed by atoms with van der Waals surface area (Å²) in [6, 6.07) is 40.9. The van der Waals surface area contributed by atoms with E-state index in [1.54, 1.807) is 0 Å². The number of fused-ring (bicyclic) bond motifs is 6. The Hall–Kier alpha value is -5.69. The Balaban J connectivity index is 0.954. The SMILES string of the molecule is O=C(N[C@@H](CCCCNC(=O)C1c2ccccc2-c2ccccc21)C(=O)OCc1ccccc1)OCC1c2ccccc2-c2ccccc21. The van der Waals surface area contributed by atoms with E-state index in [0.29, 0.717) is 25.8 Å². The number of ether oxygens (including phenoxy) is 2. The van der Waals surface area contributed by atoms with E-state index in [1.165, 1.54) is 0 Å². The number of rotatable bonds is 12. The van der Waals surface area contributed by atoms with Gasteiger partial charge in [-0.3, -0.25) is 4.79 Å². The molecule has 7 nitrogen and oxygen atoms in total. The van der Waals surface area contributed by atoms with Gasteiger partial charge in [0.2, 0.25) is 5.91 Å². The summed E-state index contributed by atoms with van der Waals surface area (Å²) in [5.41, 5.74) is 9.57. The van der Waals surface area contributed by atoms with Gasteiger partial charge in [-0.15, -0.1) is 0 Å². The number of nitrogens with one attached hydrogen (secondary N) is 2. The van der Waals surface area contributed by atoms with Crippen LogP contribution in [0.1, 0.15) is 58.9 Å². The number of hydrogen-bond acceptors (Lipinski definition) is 5. The topological polar surface area (TPSA) is 93.7 Å². The largest absolute Gasteiger partial charge is 0.459 e. The lowest BCUT2D eigenvalue weighted by molar-refractivity contribution is -0.147. The number of alkyl carbamates (subject to hydrolysis) is 1. The van der Waals surface area contributed by atoms with Crippen LogP contribution in [-0.2, 0) is 25.7 Å². The van der Waals surface area contributed by atoms with E-state index in [1.807, 2.05) is 91.0 Å². The maximum Gasteiger partial charge on any atom is 0.407 e. The zero-order valence-electron chi connectivity index (χ0n) is 27.1. The molecule has 2 amide bonds. The van der Waals surface area contributed by atoms with Crippen LogP contribution in [-0.4, -0.2) is 37.2 Å². The Bertz CT molecular complexity index is 1880. The van der Waals surface area contributed by atoms with E-state index in [4.69, 9.17) is 9.47 Å². The van der Waals surface area contributed by atoms with Crippen LogP contribution < -0.4 is 10.6 Å². The van der Waals surface area contributed by atoms with Gasteiger partial charge in [-0.2, -0.15) is 0 Å². The number of esters is 1. The average Bonchev–Trinajstić information content (AvgIpc) is 3.65. The van der Waals surface area contributed by atoms with Crippen LogP contribution in [0.25, 0.3) is 22.3 Å². The van der Waals surface area contributed by atoms with Gasteiger partial charge in [0, 0.05) is 12.5 Å². The molecule has 0 spiro atoms. The second-order valence-corrected chi connectivity index (χ2v) is 12.5. The summed E-state index contributed by atoms with van der Waals surface area (Å²) in [5.74, 6) is -1.03. The first-order valence-electron chi connectivity index (χ1n) is 16.9. The normalized spacial score (nSPS) is 13.4. The minimum absolute atomic E-state index is 0.0482. The highest BCUT2D eigenvalue weighted by Gasteiger charge is 2.33. The van der Waals surface area contributed by atoms with Gasteiger partial charge in [0.05, 0.1) is 5.92 Å². The number of unbranched alkanes of at least 4 members (excludes halogenated alkanes) is 1. The van der Waals surface area contributed by atoms with Crippen LogP contribution in [0.5, 0.6) is 0 Å². The molecule has 1 atom stereocenters. The molecule has 7 rings (SSSR count). The van der Waals surface area contributed by atoms with Crippen LogP contribution in [0.3, 0.4) is 0 Å². The quantitative estimate of drug-likeness (QED) is 0.106. The van der Waals surface area contributed by atoms with Crippen LogP contribution >= 0.6 is 0 Å². The first-order valence-corrected chi connectivity index (χ1v) is 16.9. The van der Waals surface area contributed by atoms with Crippen LogP contribution in [0, 0.1) is 0 Å². The Kier molecular flexibility index (Phi) is 9.50. The van der Waals surface area contributed by atoms with Crippen LogP contribution in [0.4, 0.5) is 4.79 Å². The van der Waals surface area contributed by atoms with Crippen molar-refractivity contribution in [1.82, 2.24) is 10.6 Å². The lowest BCUT2D eigenvalue weighted by Gasteiger charge is -2.19. The summed E-state index contributed by atoms with van der Waals surface area (Å²) < 4.78 is 11.4. The third-order valence-electron chi connectivity index (χ3n) is 9.46. The predicted molar refractivity (Wildman–Crippen MR) is 189 cm³/mol. The van der Waals surface area contributed by atoms with Crippen molar-refractivity contribution in [3.8, 4) is 22.3 Å². The van der Waals surface area contributed by atoms with E-state index in [0.717, 1.165) is 50.1 Å². The van der Waals surface area contributed by atoms with Gasteiger partial charge < -0.3 is 20.1 Å². The van der Waals surface area contributed by atoms with Gasteiger partial charge in [0.25, 0.3) is 0 Å². The number of benzene rings is 5. The minimum atomic E-state index is -0.899. The maximum atomic E-state index is 13.4. The molecule has 0 saturated heterocycles. The van der Waals surface area contributed by atoms with E-state index < -0.39 is 18.1 Å². The monoisotopic (exact) mass is 650 g/mol. The van der Waals surface area contributed by atoms with Gasteiger partial charge in [-0.25, -0.2) is 9.59 Å². The summed E-state index contributed by atoms with van der Waals surface area (Å²) in [7, 11) is 0. The molecule has 0 unspecified atom stereocenters. The molecule has 2 aliphatic rings. The molecule has 0 radical (unpaired) electrons. The van der Waals surface area contributed by atoms with Crippen molar-refractivity contribution in [2.24, 2.45) is 0 Å². The number of amides is 2. The second-order valence-electron chi connectivity index (χ2n) is 12.5. The molecule has 0 bridgehead atoms. The lowest BCUT2D eigenvalue weighted by atomic mass is 9.96. The standard InChI is InChI=1S/C42H38N2O5/c45-40(39-35-22-10-8-18-31(35)32-19-9-11-23-36(32)39)43-25-13-12-24-38(41(46)48-26-28-14-2-1-3-15-28)44-42(47)49-27-37-33-20-6-4-16-29(33)30-17-5-7-21-34(30)37/h1-11,14-23,37-39H,12-13,24-27H2,(H,43,45)(H,44,47)/t38-/m0/s1. The highest BCUT2D eigenvalue weighted by atomic mass is 16.6. The van der Waals surface area contributed by atoms with Crippen molar-refractivity contribution in [2.45, 2.75) is 43.7 Å². The highest BCUT2D eigenvalue weighted by molar-refractivity contribution is 5.96. The fourth-order valence-electron chi connectivity index (χ4n) is 7.09. The van der Waals surface area contributed by atoms with E-state index >= 15 is 0 Å². The Morgan fingerprint density at radius 3 is 1.69 bits per heavy atom.